The zero-order valence-electron chi connectivity index (χ0n) is 31.4. The Morgan fingerprint density at radius 2 is 1.07 bits per heavy atom. The van der Waals surface area contributed by atoms with Crippen LogP contribution in [0.1, 0.15) is 37.5 Å². The molecule has 0 spiro atoms. The maximum Gasteiger partial charge on any atom is 0.0966 e. The van der Waals surface area contributed by atoms with E-state index in [1.54, 1.807) is 0 Å². The van der Waals surface area contributed by atoms with Crippen LogP contribution in [0.5, 0.6) is 0 Å². The van der Waals surface area contributed by atoms with Gasteiger partial charge in [-0.1, -0.05) is 160 Å². The first-order valence-electron chi connectivity index (χ1n) is 19.3. The number of aromatic nitrogens is 2. The molecule has 1 aliphatic rings. The minimum absolute atomic E-state index is 0.100. The normalized spacial score (nSPS) is 12.9. The summed E-state index contributed by atoms with van der Waals surface area (Å²) in [5, 5.41) is 7.83. The van der Waals surface area contributed by atoms with Gasteiger partial charge in [-0.3, -0.25) is 0 Å². The van der Waals surface area contributed by atoms with Gasteiger partial charge in [-0.2, -0.15) is 5.10 Å². The molecule has 0 saturated heterocycles. The Morgan fingerprint density at radius 3 is 1.78 bits per heavy atom. The topological polar surface area (TPSA) is 20.5 Å². The molecule has 55 heavy (non-hydrogen) atoms. The fourth-order valence-electron chi connectivity index (χ4n) is 8.81. The summed E-state index contributed by atoms with van der Waals surface area (Å²) in [4.78, 5) is 2.39. The SMILES string of the molecule is CCc1c(-c2ccc(N(c3ccc(-c4ccccc4)cc3)c3ccc4c(c3)C(C)(C)c3ccccc3-4)cc2)nn2c(-c3ccccc3)cc3ccccc3c12. The molecule has 0 aliphatic heterocycles. The van der Waals surface area contributed by atoms with Crippen molar-refractivity contribution in [2.45, 2.75) is 32.6 Å². The van der Waals surface area contributed by atoms with Crippen LogP contribution in [-0.4, -0.2) is 9.61 Å². The third-order valence-corrected chi connectivity index (χ3v) is 11.6. The van der Waals surface area contributed by atoms with E-state index in [4.69, 9.17) is 5.10 Å². The summed E-state index contributed by atoms with van der Waals surface area (Å²) in [5.41, 5.74) is 17.9. The van der Waals surface area contributed by atoms with Gasteiger partial charge < -0.3 is 4.90 Å². The molecule has 0 atom stereocenters. The highest BCUT2D eigenvalue weighted by atomic mass is 15.2. The molecule has 0 amide bonds. The summed E-state index contributed by atoms with van der Waals surface area (Å²) >= 11 is 0. The van der Waals surface area contributed by atoms with Crippen LogP contribution in [0, 0.1) is 0 Å². The van der Waals surface area contributed by atoms with E-state index in [2.05, 4.69) is 212 Å². The van der Waals surface area contributed by atoms with E-state index in [9.17, 15) is 0 Å². The molecule has 3 heteroatoms. The molecule has 7 aromatic carbocycles. The maximum absolute atomic E-state index is 5.39. The van der Waals surface area contributed by atoms with Crippen molar-refractivity contribution in [2.75, 3.05) is 4.90 Å². The van der Waals surface area contributed by atoms with Crippen LogP contribution in [0.2, 0.25) is 0 Å². The number of nitrogens with zero attached hydrogens (tertiary/aromatic N) is 3. The highest BCUT2D eigenvalue weighted by Crippen LogP contribution is 2.50. The van der Waals surface area contributed by atoms with Crippen molar-refractivity contribution >= 4 is 33.4 Å². The standard InChI is InChI=1S/C52H41N3/c1-4-43-50(53-55-49(37-17-9-6-10-18-37)33-39-19-11-12-20-44(39)51(43)55)38-25-29-41(30-26-38)54(40-27-23-36(24-28-40)35-15-7-5-8-16-35)42-31-32-46-45-21-13-14-22-47(45)52(2,3)48(46)34-42/h5-34H,4H2,1-3H3. The third kappa shape index (κ3) is 5.38. The summed E-state index contributed by atoms with van der Waals surface area (Å²) in [5.74, 6) is 0. The minimum Gasteiger partial charge on any atom is -0.310 e. The molecule has 0 radical (unpaired) electrons. The van der Waals surface area contributed by atoms with Crippen molar-refractivity contribution in [2.24, 2.45) is 0 Å². The zero-order chi connectivity index (χ0) is 37.1. The monoisotopic (exact) mass is 707 g/mol. The molecule has 9 aromatic rings. The first-order valence-corrected chi connectivity index (χ1v) is 19.3. The highest BCUT2D eigenvalue weighted by Gasteiger charge is 2.35. The average Bonchev–Trinajstić information content (AvgIpc) is 3.74. The van der Waals surface area contributed by atoms with Crippen LogP contribution < -0.4 is 4.90 Å². The van der Waals surface area contributed by atoms with Gasteiger partial charge in [0.15, 0.2) is 0 Å². The van der Waals surface area contributed by atoms with Gasteiger partial charge in [0.25, 0.3) is 0 Å². The van der Waals surface area contributed by atoms with Gasteiger partial charge in [0, 0.05) is 44.6 Å². The number of hydrogen-bond acceptors (Lipinski definition) is 2. The summed E-state index contributed by atoms with van der Waals surface area (Å²) in [6.45, 7) is 6.94. The van der Waals surface area contributed by atoms with Crippen molar-refractivity contribution in [3.8, 4) is 44.8 Å². The second-order valence-electron chi connectivity index (χ2n) is 15.1. The van der Waals surface area contributed by atoms with Gasteiger partial charge in [0.1, 0.15) is 0 Å². The summed E-state index contributed by atoms with van der Waals surface area (Å²) in [6.07, 6.45) is 0.871. The molecule has 264 valence electrons. The lowest BCUT2D eigenvalue weighted by Crippen LogP contribution is -2.16. The lowest BCUT2D eigenvalue weighted by Gasteiger charge is -2.28. The Morgan fingerprint density at radius 1 is 0.509 bits per heavy atom. The van der Waals surface area contributed by atoms with E-state index < -0.39 is 0 Å². The van der Waals surface area contributed by atoms with Crippen molar-refractivity contribution < 1.29 is 0 Å². The van der Waals surface area contributed by atoms with E-state index in [1.807, 2.05) is 0 Å². The summed E-state index contributed by atoms with van der Waals surface area (Å²) in [7, 11) is 0. The lowest BCUT2D eigenvalue weighted by molar-refractivity contribution is 0.660. The molecule has 2 heterocycles. The van der Waals surface area contributed by atoms with Crippen molar-refractivity contribution in [3.05, 3.63) is 199 Å². The number of benzene rings is 7. The zero-order valence-corrected chi connectivity index (χ0v) is 31.4. The molecule has 1 aliphatic carbocycles. The van der Waals surface area contributed by atoms with Crippen molar-refractivity contribution in [1.29, 1.82) is 0 Å². The van der Waals surface area contributed by atoms with E-state index in [0.29, 0.717) is 0 Å². The molecule has 10 rings (SSSR count). The Bertz CT molecular complexity index is 2850. The first kappa shape index (κ1) is 32.9. The predicted molar refractivity (Wildman–Crippen MR) is 231 cm³/mol. The Balaban J connectivity index is 1.11. The van der Waals surface area contributed by atoms with Gasteiger partial charge in [-0.15, -0.1) is 0 Å². The average molecular weight is 708 g/mol. The van der Waals surface area contributed by atoms with Gasteiger partial charge in [0.2, 0.25) is 0 Å². The number of pyridine rings is 1. The second-order valence-corrected chi connectivity index (χ2v) is 15.1. The van der Waals surface area contributed by atoms with Crippen LogP contribution in [0.4, 0.5) is 17.1 Å². The first-order chi connectivity index (χ1) is 27.0. The number of fused-ring (bicyclic) bond motifs is 6. The molecule has 0 unspecified atom stereocenters. The van der Waals surface area contributed by atoms with E-state index >= 15 is 0 Å². The molecule has 0 bridgehead atoms. The molecule has 0 saturated carbocycles. The molecular formula is C52H41N3. The third-order valence-electron chi connectivity index (χ3n) is 11.6. The largest absolute Gasteiger partial charge is 0.310 e. The number of rotatable bonds is 7. The van der Waals surface area contributed by atoms with Gasteiger partial charge in [-0.25, -0.2) is 4.52 Å². The minimum atomic E-state index is -0.100. The second kappa shape index (κ2) is 13.0. The molecule has 0 N–H and O–H groups in total. The smallest absolute Gasteiger partial charge is 0.0966 e. The summed E-state index contributed by atoms with van der Waals surface area (Å²) < 4.78 is 2.17. The van der Waals surface area contributed by atoms with E-state index in [-0.39, 0.29) is 5.41 Å². The van der Waals surface area contributed by atoms with Gasteiger partial charge in [0.05, 0.1) is 16.9 Å². The van der Waals surface area contributed by atoms with Crippen LogP contribution in [-0.2, 0) is 11.8 Å². The van der Waals surface area contributed by atoms with Crippen LogP contribution in [0.25, 0.3) is 61.1 Å². The Kier molecular flexibility index (Phi) is 7.78. The lowest BCUT2D eigenvalue weighted by atomic mass is 9.82. The van der Waals surface area contributed by atoms with E-state index in [1.165, 1.54) is 55.2 Å². The van der Waals surface area contributed by atoms with Crippen LogP contribution in [0.3, 0.4) is 0 Å². The molecule has 0 fully saturated rings. The number of anilines is 3. The van der Waals surface area contributed by atoms with Crippen LogP contribution in [0.15, 0.2) is 182 Å². The predicted octanol–water partition coefficient (Wildman–Crippen LogP) is 13.8. The molecular weight excluding hydrogens is 667 g/mol. The van der Waals surface area contributed by atoms with Crippen molar-refractivity contribution in [3.63, 3.8) is 0 Å². The fourth-order valence-corrected chi connectivity index (χ4v) is 8.81. The molecule has 2 aromatic heterocycles. The quantitative estimate of drug-likeness (QED) is 0.164. The van der Waals surface area contributed by atoms with Gasteiger partial charge >= 0.3 is 0 Å². The fraction of sp³-hybridized carbons (Fsp3) is 0.0962. The van der Waals surface area contributed by atoms with E-state index in [0.717, 1.165) is 46.0 Å². The van der Waals surface area contributed by atoms with Crippen molar-refractivity contribution in [1.82, 2.24) is 9.61 Å². The Labute approximate surface area is 322 Å². The highest BCUT2D eigenvalue weighted by molar-refractivity contribution is 6.01. The Hall–Kier alpha value is -6.71. The number of hydrogen-bond donors (Lipinski definition) is 0. The number of aryl methyl sites for hydroxylation is 1. The van der Waals surface area contributed by atoms with Gasteiger partial charge in [-0.05, 0) is 87.7 Å². The summed E-state index contributed by atoms with van der Waals surface area (Å²) in [6, 6.07) is 66.0. The van der Waals surface area contributed by atoms with Crippen LogP contribution >= 0.6 is 0 Å². The molecule has 3 nitrogen and oxygen atoms in total. The maximum atomic E-state index is 5.39.